The lowest BCUT2D eigenvalue weighted by atomic mass is 9.89. The summed E-state index contributed by atoms with van der Waals surface area (Å²) in [6, 6.07) is 11.3. The minimum absolute atomic E-state index is 0.113. The molecule has 1 amide bonds. The maximum atomic E-state index is 13.5. The van der Waals surface area contributed by atoms with Crippen LogP contribution >= 0.6 is 0 Å². The van der Waals surface area contributed by atoms with Crippen LogP contribution in [0, 0.1) is 30.4 Å². The molecule has 5 nitrogen and oxygen atoms in total. The third kappa shape index (κ3) is 5.66. The normalized spacial score (nSPS) is 18.9. The Hall–Kier alpha value is -2.32. The number of halogens is 2. The Morgan fingerprint density at radius 1 is 0.912 bits per heavy atom. The molecule has 0 aliphatic carbocycles. The van der Waals surface area contributed by atoms with Crippen LogP contribution in [-0.4, -0.2) is 49.7 Å². The van der Waals surface area contributed by atoms with Crippen molar-refractivity contribution in [1.29, 1.82) is 0 Å². The van der Waals surface area contributed by atoms with Gasteiger partial charge in [-0.25, -0.2) is 17.2 Å². The van der Waals surface area contributed by atoms with E-state index in [0.717, 1.165) is 50.9 Å². The van der Waals surface area contributed by atoms with Crippen molar-refractivity contribution in [2.24, 2.45) is 11.8 Å². The van der Waals surface area contributed by atoms with Crippen LogP contribution in [0.4, 0.5) is 8.78 Å². The van der Waals surface area contributed by atoms with Gasteiger partial charge in [-0.1, -0.05) is 29.8 Å². The van der Waals surface area contributed by atoms with Crippen molar-refractivity contribution in [3.05, 3.63) is 65.2 Å². The largest absolute Gasteiger partial charge is 0.342 e. The Morgan fingerprint density at radius 2 is 1.56 bits per heavy atom. The molecule has 0 saturated carbocycles. The van der Waals surface area contributed by atoms with Gasteiger partial charge in [-0.15, -0.1) is 0 Å². The van der Waals surface area contributed by atoms with E-state index in [9.17, 15) is 22.0 Å². The average Bonchev–Trinajstić information content (AvgIpc) is 2.85. The van der Waals surface area contributed by atoms with Gasteiger partial charge in [0.05, 0.1) is 4.90 Å². The molecule has 0 N–H and O–H groups in total. The first-order valence-corrected chi connectivity index (χ1v) is 13.5. The highest BCUT2D eigenvalue weighted by atomic mass is 32.2. The summed E-state index contributed by atoms with van der Waals surface area (Å²) in [6.45, 7) is 4.00. The van der Waals surface area contributed by atoms with Crippen molar-refractivity contribution in [3.8, 4) is 0 Å². The summed E-state index contributed by atoms with van der Waals surface area (Å²) in [5.41, 5.74) is 2.62. The van der Waals surface area contributed by atoms with Gasteiger partial charge in [0.1, 0.15) is 0 Å². The van der Waals surface area contributed by atoms with Gasteiger partial charge in [0.2, 0.25) is 15.9 Å². The fourth-order valence-electron chi connectivity index (χ4n) is 4.96. The van der Waals surface area contributed by atoms with Gasteiger partial charge in [0.25, 0.3) is 0 Å². The number of aryl methyl sites for hydroxylation is 2. The fraction of sp³-hybridized carbons (Fsp3) is 0.500. The van der Waals surface area contributed by atoms with Crippen molar-refractivity contribution in [2.45, 2.75) is 50.3 Å². The Kier molecular flexibility index (Phi) is 7.67. The molecule has 8 heteroatoms. The van der Waals surface area contributed by atoms with Crippen LogP contribution < -0.4 is 0 Å². The molecule has 0 atom stereocenters. The Morgan fingerprint density at radius 3 is 2.18 bits per heavy atom. The first kappa shape index (κ1) is 24.8. The minimum atomic E-state index is -3.91. The third-order valence-electron chi connectivity index (χ3n) is 7.22. The SMILES string of the molecule is Cc1ccc(CCC2CCN(C(=O)C3CCN(S(=O)(=O)c4ccc(F)c(F)c4)CC3)CC2)cc1. The number of hydrogen-bond donors (Lipinski definition) is 0. The number of nitrogens with zero attached hydrogens (tertiary/aromatic N) is 2. The number of likely N-dealkylation sites (tertiary alicyclic amines) is 1. The standard InChI is InChI=1S/C26H32F2N2O3S/c1-19-2-4-20(5-3-19)6-7-21-10-14-29(15-11-21)26(31)22-12-16-30(17-13-22)34(32,33)23-8-9-24(27)25(28)18-23/h2-5,8-9,18,21-22H,6-7,10-17H2,1H3. The van der Waals surface area contributed by atoms with Gasteiger partial charge >= 0.3 is 0 Å². The van der Waals surface area contributed by atoms with E-state index >= 15 is 0 Å². The number of sulfonamides is 1. The topological polar surface area (TPSA) is 57.7 Å². The molecular formula is C26H32F2N2O3S. The molecule has 184 valence electrons. The number of hydrogen-bond acceptors (Lipinski definition) is 3. The van der Waals surface area contributed by atoms with Crippen molar-refractivity contribution < 1.29 is 22.0 Å². The lowest BCUT2D eigenvalue weighted by Crippen LogP contribution is -2.46. The Bertz CT molecular complexity index is 1110. The molecule has 2 fully saturated rings. The summed E-state index contributed by atoms with van der Waals surface area (Å²) >= 11 is 0. The molecule has 2 aromatic rings. The number of piperidine rings is 2. The quantitative estimate of drug-likeness (QED) is 0.597. The van der Waals surface area contributed by atoms with Crippen LogP contribution in [0.25, 0.3) is 0 Å². The van der Waals surface area contributed by atoms with Crippen molar-refractivity contribution in [2.75, 3.05) is 26.2 Å². The lowest BCUT2D eigenvalue weighted by molar-refractivity contribution is -0.138. The second kappa shape index (κ2) is 10.5. The van der Waals surface area contributed by atoms with Crippen LogP contribution in [0.15, 0.2) is 47.4 Å². The van der Waals surface area contributed by atoms with E-state index in [1.54, 1.807) is 0 Å². The van der Waals surface area contributed by atoms with Gasteiger partial charge in [-0.2, -0.15) is 4.31 Å². The van der Waals surface area contributed by atoms with Crippen LogP contribution in [0.3, 0.4) is 0 Å². The van der Waals surface area contributed by atoms with Crippen molar-refractivity contribution >= 4 is 15.9 Å². The van der Waals surface area contributed by atoms with E-state index in [0.29, 0.717) is 24.8 Å². The van der Waals surface area contributed by atoms with Gasteiger partial charge in [0, 0.05) is 32.1 Å². The smallest absolute Gasteiger partial charge is 0.243 e. The van der Waals surface area contributed by atoms with E-state index < -0.39 is 21.7 Å². The van der Waals surface area contributed by atoms with Crippen molar-refractivity contribution in [1.82, 2.24) is 9.21 Å². The molecule has 2 aliphatic heterocycles. The first-order valence-electron chi connectivity index (χ1n) is 12.0. The summed E-state index contributed by atoms with van der Waals surface area (Å²) in [6.07, 6.45) is 5.07. The Balaban J connectivity index is 1.24. The predicted molar refractivity (Wildman–Crippen MR) is 127 cm³/mol. The van der Waals surface area contributed by atoms with Crippen LogP contribution in [0.5, 0.6) is 0 Å². The summed E-state index contributed by atoms with van der Waals surface area (Å²) in [5.74, 6) is -1.73. The van der Waals surface area contributed by atoms with Crippen LogP contribution in [-0.2, 0) is 21.2 Å². The zero-order chi connectivity index (χ0) is 24.3. The van der Waals surface area contributed by atoms with Gasteiger partial charge < -0.3 is 4.90 Å². The minimum Gasteiger partial charge on any atom is -0.342 e. The molecule has 4 rings (SSSR count). The van der Waals surface area contributed by atoms with Crippen LogP contribution in [0.2, 0.25) is 0 Å². The number of amides is 1. The molecule has 2 heterocycles. The monoisotopic (exact) mass is 490 g/mol. The van der Waals surface area contributed by atoms with Crippen LogP contribution in [0.1, 0.15) is 43.2 Å². The van der Waals surface area contributed by atoms with Gasteiger partial charge in [0.15, 0.2) is 11.6 Å². The molecule has 0 aromatic heterocycles. The average molecular weight is 491 g/mol. The van der Waals surface area contributed by atoms with E-state index in [1.807, 2.05) is 4.90 Å². The molecule has 0 bridgehead atoms. The maximum Gasteiger partial charge on any atom is 0.243 e. The highest BCUT2D eigenvalue weighted by Gasteiger charge is 2.35. The van der Waals surface area contributed by atoms with E-state index in [1.165, 1.54) is 15.4 Å². The highest BCUT2D eigenvalue weighted by Crippen LogP contribution is 2.28. The summed E-state index contributed by atoms with van der Waals surface area (Å²) in [5, 5.41) is 0. The summed E-state index contributed by atoms with van der Waals surface area (Å²) < 4.78 is 53.5. The highest BCUT2D eigenvalue weighted by molar-refractivity contribution is 7.89. The molecule has 0 spiro atoms. The fourth-order valence-corrected chi connectivity index (χ4v) is 6.44. The second-order valence-electron chi connectivity index (χ2n) is 9.55. The van der Waals surface area contributed by atoms with Gasteiger partial charge in [-0.05, 0) is 75.1 Å². The zero-order valence-electron chi connectivity index (χ0n) is 19.6. The molecule has 2 saturated heterocycles. The molecule has 0 unspecified atom stereocenters. The number of rotatable bonds is 6. The summed E-state index contributed by atoms with van der Waals surface area (Å²) in [7, 11) is -3.91. The van der Waals surface area contributed by atoms with E-state index in [-0.39, 0.29) is 29.8 Å². The molecule has 0 radical (unpaired) electrons. The van der Waals surface area contributed by atoms with Gasteiger partial charge in [-0.3, -0.25) is 4.79 Å². The number of benzene rings is 2. The molecule has 34 heavy (non-hydrogen) atoms. The maximum absolute atomic E-state index is 13.5. The molecular weight excluding hydrogens is 458 g/mol. The zero-order valence-corrected chi connectivity index (χ0v) is 20.4. The molecule has 2 aliphatic rings. The first-order chi connectivity index (χ1) is 16.2. The second-order valence-corrected chi connectivity index (χ2v) is 11.5. The van der Waals surface area contributed by atoms with E-state index in [4.69, 9.17) is 0 Å². The number of carbonyl (C=O) groups excluding carboxylic acids is 1. The lowest BCUT2D eigenvalue weighted by Gasteiger charge is -2.37. The van der Waals surface area contributed by atoms with Crippen molar-refractivity contribution in [3.63, 3.8) is 0 Å². The third-order valence-corrected chi connectivity index (χ3v) is 9.11. The van der Waals surface area contributed by atoms with E-state index in [2.05, 4.69) is 31.2 Å². The Labute approximate surface area is 200 Å². The molecule has 2 aromatic carbocycles. The summed E-state index contributed by atoms with van der Waals surface area (Å²) in [4.78, 5) is 14.7. The predicted octanol–water partition coefficient (Wildman–Crippen LogP) is 4.55. The number of carbonyl (C=O) groups is 1.